The maximum absolute atomic E-state index is 11.8. The molecule has 3 N–H and O–H groups in total. The number of hydrogen-bond donors (Lipinski definition) is 2. The van der Waals surface area contributed by atoms with Crippen molar-refractivity contribution in [1.29, 1.82) is 0 Å². The van der Waals surface area contributed by atoms with E-state index in [4.69, 9.17) is 5.73 Å². The Balaban J connectivity index is 1.67. The summed E-state index contributed by atoms with van der Waals surface area (Å²) in [5.41, 5.74) is 8.31. The van der Waals surface area contributed by atoms with Crippen molar-refractivity contribution in [2.24, 2.45) is 11.7 Å². The minimum absolute atomic E-state index is 0.0895. The van der Waals surface area contributed by atoms with Crippen molar-refractivity contribution >= 4 is 5.97 Å². The van der Waals surface area contributed by atoms with E-state index in [0.29, 0.717) is 12.5 Å². The Kier molecular flexibility index (Phi) is 5.80. The number of rotatable bonds is 6. The number of carbonyl (C=O) groups is 1. The molecule has 2 unspecified atom stereocenters. The van der Waals surface area contributed by atoms with Crippen LogP contribution in [0.25, 0.3) is 0 Å². The summed E-state index contributed by atoms with van der Waals surface area (Å²) in [6, 6.07) is 9.31. The Labute approximate surface area is 151 Å². The van der Waals surface area contributed by atoms with Gasteiger partial charge in [-0.05, 0) is 68.7 Å². The average molecular weight is 344 g/mol. The van der Waals surface area contributed by atoms with Gasteiger partial charge in [-0.25, -0.2) is 0 Å². The summed E-state index contributed by atoms with van der Waals surface area (Å²) in [6.07, 6.45) is 7.90. The number of benzene rings is 1. The first-order valence-electron chi connectivity index (χ1n) is 9.90. The van der Waals surface area contributed by atoms with Crippen LogP contribution in [0.5, 0.6) is 0 Å². The molecule has 1 aliphatic heterocycles. The molecule has 1 heterocycles. The normalized spacial score (nSPS) is 24.5. The van der Waals surface area contributed by atoms with Gasteiger partial charge in [-0.3, -0.25) is 9.69 Å². The molecule has 3 rings (SSSR count). The van der Waals surface area contributed by atoms with Gasteiger partial charge >= 0.3 is 5.97 Å². The first-order chi connectivity index (χ1) is 12.1. The van der Waals surface area contributed by atoms with E-state index in [9.17, 15) is 9.90 Å². The van der Waals surface area contributed by atoms with Crippen LogP contribution in [0.2, 0.25) is 0 Å². The van der Waals surface area contributed by atoms with Crippen LogP contribution >= 0.6 is 0 Å². The van der Waals surface area contributed by atoms with Crippen molar-refractivity contribution < 1.29 is 9.90 Å². The molecular formula is C21H32N2O2. The second-order valence-electron chi connectivity index (χ2n) is 7.87. The summed E-state index contributed by atoms with van der Waals surface area (Å²) >= 11 is 0. The highest BCUT2D eigenvalue weighted by Crippen LogP contribution is 2.38. The number of likely N-dealkylation sites (tertiary alicyclic amines) is 1. The largest absolute Gasteiger partial charge is 0.480 e. The zero-order chi connectivity index (χ0) is 17.9. The number of nitrogens with zero attached hydrogens (tertiary/aromatic N) is 1. The number of nitrogens with two attached hydrogens (primary N) is 1. The molecule has 1 aliphatic carbocycles. The van der Waals surface area contributed by atoms with Crippen LogP contribution in [-0.4, -0.2) is 34.6 Å². The summed E-state index contributed by atoms with van der Waals surface area (Å²) in [6.45, 7) is 4.01. The van der Waals surface area contributed by atoms with Crippen LogP contribution in [0, 0.1) is 5.92 Å². The highest BCUT2D eigenvalue weighted by molar-refractivity contribution is 5.79. The number of carboxylic acid groups (broad SMARTS) is 1. The fraction of sp³-hybridized carbons (Fsp3) is 0.667. The van der Waals surface area contributed by atoms with E-state index in [-0.39, 0.29) is 5.92 Å². The van der Waals surface area contributed by atoms with Gasteiger partial charge in [-0.15, -0.1) is 0 Å². The van der Waals surface area contributed by atoms with E-state index >= 15 is 0 Å². The fourth-order valence-electron chi connectivity index (χ4n) is 4.79. The number of piperidine rings is 1. The monoisotopic (exact) mass is 344 g/mol. The lowest BCUT2D eigenvalue weighted by Gasteiger charge is -2.44. The summed E-state index contributed by atoms with van der Waals surface area (Å²) < 4.78 is 0. The Morgan fingerprint density at radius 2 is 2.00 bits per heavy atom. The molecule has 4 heteroatoms. The second kappa shape index (κ2) is 7.88. The van der Waals surface area contributed by atoms with Gasteiger partial charge in [0.05, 0.1) is 0 Å². The number of hydrogen-bond acceptors (Lipinski definition) is 3. The third-order valence-corrected chi connectivity index (χ3v) is 6.38. The van der Waals surface area contributed by atoms with Crippen molar-refractivity contribution in [2.75, 3.05) is 13.1 Å². The van der Waals surface area contributed by atoms with Crippen molar-refractivity contribution in [1.82, 2.24) is 4.90 Å². The molecule has 0 amide bonds. The summed E-state index contributed by atoms with van der Waals surface area (Å²) in [5, 5.41) is 9.72. The summed E-state index contributed by atoms with van der Waals surface area (Å²) in [7, 11) is 0. The maximum atomic E-state index is 11.8. The highest BCUT2D eigenvalue weighted by Gasteiger charge is 2.43. The Morgan fingerprint density at radius 1 is 1.28 bits per heavy atom. The number of aliphatic carboxylic acids is 1. The highest BCUT2D eigenvalue weighted by atomic mass is 16.4. The topological polar surface area (TPSA) is 66.6 Å². The summed E-state index contributed by atoms with van der Waals surface area (Å²) in [5.74, 6) is -0.728. The molecule has 1 saturated heterocycles. The van der Waals surface area contributed by atoms with E-state index in [1.165, 1.54) is 30.4 Å². The van der Waals surface area contributed by atoms with Gasteiger partial charge in [0, 0.05) is 6.04 Å². The first-order valence-corrected chi connectivity index (χ1v) is 9.90. The third kappa shape index (κ3) is 3.75. The zero-order valence-electron chi connectivity index (χ0n) is 15.4. The van der Waals surface area contributed by atoms with Gasteiger partial charge in [-0.1, -0.05) is 44.0 Å². The fourth-order valence-corrected chi connectivity index (χ4v) is 4.79. The van der Waals surface area contributed by atoms with Gasteiger partial charge in [0.15, 0.2) is 0 Å². The first kappa shape index (κ1) is 18.4. The van der Waals surface area contributed by atoms with Gasteiger partial charge in [0.1, 0.15) is 5.54 Å². The molecule has 1 fully saturated rings. The smallest absolute Gasteiger partial charge is 0.323 e. The van der Waals surface area contributed by atoms with Gasteiger partial charge in [0.25, 0.3) is 0 Å². The van der Waals surface area contributed by atoms with Crippen molar-refractivity contribution in [3.63, 3.8) is 0 Å². The lowest BCUT2D eigenvalue weighted by atomic mass is 9.74. The molecule has 25 heavy (non-hydrogen) atoms. The number of unbranched alkanes of at least 4 members (excludes halogenated alkanes) is 1. The van der Waals surface area contributed by atoms with Crippen molar-refractivity contribution in [3.05, 3.63) is 35.4 Å². The Bertz CT molecular complexity index is 595. The van der Waals surface area contributed by atoms with Crippen LogP contribution in [0.1, 0.15) is 69.0 Å². The predicted molar refractivity (Wildman–Crippen MR) is 100 cm³/mol. The molecule has 2 aliphatic rings. The minimum atomic E-state index is -1.05. The molecule has 0 radical (unpaired) electrons. The molecular weight excluding hydrogens is 312 g/mol. The van der Waals surface area contributed by atoms with E-state index in [2.05, 4.69) is 36.1 Å². The SMILES string of the molecule is CCCCC(N)(C(=O)O)C1CCN(C2CCCc3ccccc32)CC1. The molecule has 0 spiro atoms. The van der Waals surface area contributed by atoms with Gasteiger partial charge in [0.2, 0.25) is 0 Å². The Morgan fingerprint density at radius 3 is 2.68 bits per heavy atom. The molecule has 0 aromatic heterocycles. The predicted octanol–water partition coefficient (Wildman–Crippen LogP) is 3.75. The van der Waals surface area contributed by atoms with Crippen LogP contribution in [0.3, 0.4) is 0 Å². The lowest BCUT2D eigenvalue weighted by molar-refractivity contribution is -0.147. The Hall–Kier alpha value is -1.39. The van der Waals surface area contributed by atoms with Crippen LogP contribution in [-0.2, 0) is 11.2 Å². The molecule has 1 aromatic carbocycles. The number of carboxylic acids is 1. The van der Waals surface area contributed by atoms with E-state index in [1.54, 1.807) is 0 Å². The van der Waals surface area contributed by atoms with E-state index in [1.807, 2.05) is 0 Å². The van der Waals surface area contributed by atoms with Crippen LogP contribution < -0.4 is 5.73 Å². The molecule has 0 saturated carbocycles. The van der Waals surface area contributed by atoms with Crippen molar-refractivity contribution in [2.45, 2.75) is 69.9 Å². The summed E-state index contributed by atoms with van der Waals surface area (Å²) in [4.78, 5) is 14.4. The lowest BCUT2D eigenvalue weighted by Crippen LogP contribution is -2.57. The van der Waals surface area contributed by atoms with Crippen molar-refractivity contribution in [3.8, 4) is 0 Å². The maximum Gasteiger partial charge on any atom is 0.323 e. The second-order valence-corrected chi connectivity index (χ2v) is 7.87. The number of aryl methyl sites for hydroxylation is 1. The number of fused-ring (bicyclic) bond motifs is 1. The van der Waals surface area contributed by atoms with Gasteiger partial charge < -0.3 is 10.8 Å². The molecule has 0 bridgehead atoms. The molecule has 1 aromatic rings. The minimum Gasteiger partial charge on any atom is -0.480 e. The standard InChI is InChI=1S/C21H32N2O2/c1-2-3-13-21(22,20(24)25)17-11-14-23(15-12-17)19-10-6-8-16-7-4-5-9-18(16)19/h4-5,7,9,17,19H,2-3,6,8,10-15,22H2,1H3,(H,24,25). The quantitative estimate of drug-likeness (QED) is 0.825. The van der Waals surface area contributed by atoms with E-state index in [0.717, 1.165) is 38.8 Å². The van der Waals surface area contributed by atoms with Gasteiger partial charge in [-0.2, -0.15) is 0 Å². The third-order valence-electron chi connectivity index (χ3n) is 6.38. The zero-order valence-corrected chi connectivity index (χ0v) is 15.4. The molecule has 138 valence electrons. The average Bonchev–Trinajstić information content (AvgIpc) is 2.65. The molecule has 4 nitrogen and oxygen atoms in total. The van der Waals surface area contributed by atoms with E-state index < -0.39 is 11.5 Å². The van der Waals surface area contributed by atoms with Crippen LogP contribution in [0.15, 0.2) is 24.3 Å². The van der Waals surface area contributed by atoms with Crippen LogP contribution in [0.4, 0.5) is 0 Å². The molecule has 2 atom stereocenters.